The van der Waals surface area contributed by atoms with Gasteiger partial charge < -0.3 is 10.6 Å². The van der Waals surface area contributed by atoms with Crippen molar-refractivity contribution in [1.29, 1.82) is 0 Å². The summed E-state index contributed by atoms with van der Waals surface area (Å²) in [5.74, 6) is 0.638. The molecule has 2 unspecified atom stereocenters. The summed E-state index contributed by atoms with van der Waals surface area (Å²) in [4.78, 5) is 12.9. The monoisotopic (exact) mass is 238 g/mol. The molecule has 2 rings (SSSR count). The van der Waals surface area contributed by atoms with Crippen LogP contribution in [0.1, 0.15) is 28.6 Å². The molecule has 0 spiro atoms. The number of amides is 1. The summed E-state index contributed by atoms with van der Waals surface area (Å²) in [5.41, 5.74) is 1.07. The van der Waals surface area contributed by atoms with E-state index >= 15 is 0 Å². The fourth-order valence-corrected chi connectivity index (χ4v) is 2.85. The molecule has 2 heterocycles. The van der Waals surface area contributed by atoms with Crippen molar-refractivity contribution in [2.45, 2.75) is 26.3 Å². The molecule has 0 bridgehead atoms. The summed E-state index contributed by atoms with van der Waals surface area (Å²) in [5, 5.41) is 8.41. The maximum atomic E-state index is 12.0. The number of hydrogen-bond donors (Lipinski definition) is 2. The van der Waals surface area contributed by atoms with Gasteiger partial charge in [0.05, 0.1) is 4.88 Å². The first-order valence-electron chi connectivity index (χ1n) is 5.74. The van der Waals surface area contributed by atoms with Gasteiger partial charge in [-0.25, -0.2) is 0 Å². The van der Waals surface area contributed by atoms with Crippen LogP contribution in [-0.4, -0.2) is 25.0 Å². The highest BCUT2D eigenvalue weighted by atomic mass is 32.1. The number of aryl methyl sites for hydroxylation is 1. The van der Waals surface area contributed by atoms with Gasteiger partial charge in [0.1, 0.15) is 0 Å². The van der Waals surface area contributed by atoms with Gasteiger partial charge in [0, 0.05) is 12.6 Å². The molecule has 2 N–H and O–H groups in total. The summed E-state index contributed by atoms with van der Waals surface area (Å²) in [7, 11) is 0. The van der Waals surface area contributed by atoms with Crippen molar-refractivity contribution in [3.05, 3.63) is 21.9 Å². The molecular formula is C12H18N2OS. The molecule has 3 nitrogen and oxygen atoms in total. The first kappa shape index (κ1) is 11.6. The molecule has 1 aliphatic heterocycles. The molecule has 0 radical (unpaired) electrons. The molecule has 0 aromatic carbocycles. The van der Waals surface area contributed by atoms with Crippen LogP contribution in [-0.2, 0) is 0 Å². The summed E-state index contributed by atoms with van der Waals surface area (Å²) in [6, 6.07) is 2.25. The number of piperidine rings is 1. The van der Waals surface area contributed by atoms with Crippen molar-refractivity contribution in [1.82, 2.24) is 10.6 Å². The van der Waals surface area contributed by atoms with Crippen molar-refractivity contribution >= 4 is 17.2 Å². The van der Waals surface area contributed by atoms with Crippen LogP contribution in [0, 0.1) is 12.8 Å². The van der Waals surface area contributed by atoms with E-state index in [9.17, 15) is 4.79 Å². The Morgan fingerprint density at radius 1 is 1.62 bits per heavy atom. The minimum Gasteiger partial charge on any atom is -0.347 e. The average Bonchev–Trinajstić information content (AvgIpc) is 2.68. The first-order valence-corrected chi connectivity index (χ1v) is 6.62. The lowest BCUT2D eigenvalue weighted by atomic mass is 9.95. The minimum absolute atomic E-state index is 0.0769. The van der Waals surface area contributed by atoms with Crippen molar-refractivity contribution in [3.63, 3.8) is 0 Å². The lowest BCUT2D eigenvalue weighted by Gasteiger charge is -2.30. The van der Waals surface area contributed by atoms with E-state index in [1.165, 1.54) is 11.3 Å². The van der Waals surface area contributed by atoms with Gasteiger partial charge in [-0.3, -0.25) is 4.79 Å². The first-order chi connectivity index (χ1) is 7.68. The Morgan fingerprint density at radius 2 is 2.44 bits per heavy atom. The Labute approximate surface area is 100 Å². The summed E-state index contributed by atoms with van der Waals surface area (Å²) in [6.45, 7) is 6.13. The molecule has 4 heteroatoms. The van der Waals surface area contributed by atoms with Gasteiger partial charge in [0.2, 0.25) is 0 Å². The molecule has 0 aliphatic carbocycles. The zero-order valence-corrected chi connectivity index (χ0v) is 10.6. The van der Waals surface area contributed by atoms with Gasteiger partial charge >= 0.3 is 0 Å². The van der Waals surface area contributed by atoms with Gasteiger partial charge in [0.15, 0.2) is 0 Å². The standard InChI is InChI=1S/C12H18N2OS/c1-8-3-5-13-7-10(8)14-12(15)11-9(2)4-6-16-11/h4,6,8,10,13H,3,5,7H2,1-2H3,(H,14,15). The van der Waals surface area contributed by atoms with Crippen LogP contribution < -0.4 is 10.6 Å². The molecule has 1 fully saturated rings. The van der Waals surface area contributed by atoms with E-state index < -0.39 is 0 Å². The number of nitrogens with one attached hydrogen (secondary N) is 2. The van der Waals surface area contributed by atoms with E-state index in [2.05, 4.69) is 17.6 Å². The number of thiophene rings is 1. The lowest BCUT2D eigenvalue weighted by molar-refractivity contribution is 0.0919. The second kappa shape index (κ2) is 4.97. The van der Waals surface area contributed by atoms with Crippen LogP contribution in [0.15, 0.2) is 11.4 Å². The third-order valence-electron chi connectivity index (χ3n) is 3.21. The smallest absolute Gasteiger partial charge is 0.261 e. The number of carbonyl (C=O) groups is 1. The van der Waals surface area contributed by atoms with E-state index in [-0.39, 0.29) is 11.9 Å². The van der Waals surface area contributed by atoms with Gasteiger partial charge in [-0.15, -0.1) is 11.3 Å². The zero-order valence-electron chi connectivity index (χ0n) is 9.75. The zero-order chi connectivity index (χ0) is 11.5. The van der Waals surface area contributed by atoms with Crippen molar-refractivity contribution in [2.24, 2.45) is 5.92 Å². The Kier molecular flexibility index (Phi) is 3.61. The number of carbonyl (C=O) groups excluding carboxylic acids is 1. The minimum atomic E-state index is 0.0769. The van der Waals surface area contributed by atoms with Gasteiger partial charge in [-0.05, 0) is 42.8 Å². The van der Waals surface area contributed by atoms with E-state index in [0.29, 0.717) is 5.92 Å². The molecule has 16 heavy (non-hydrogen) atoms. The molecule has 0 saturated carbocycles. The maximum Gasteiger partial charge on any atom is 0.261 e. The maximum absolute atomic E-state index is 12.0. The van der Waals surface area contributed by atoms with Crippen LogP contribution in [0.4, 0.5) is 0 Å². The summed E-state index contributed by atoms with van der Waals surface area (Å²) < 4.78 is 0. The van der Waals surface area contributed by atoms with Crippen LogP contribution in [0.3, 0.4) is 0 Å². The molecule has 2 atom stereocenters. The van der Waals surface area contributed by atoms with Gasteiger partial charge in [0.25, 0.3) is 5.91 Å². The third kappa shape index (κ3) is 2.44. The molecular weight excluding hydrogens is 220 g/mol. The summed E-state index contributed by atoms with van der Waals surface area (Å²) in [6.07, 6.45) is 1.13. The molecule has 1 aromatic heterocycles. The molecule has 1 saturated heterocycles. The Hall–Kier alpha value is -0.870. The predicted molar refractivity (Wildman–Crippen MR) is 67.0 cm³/mol. The quantitative estimate of drug-likeness (QED) is 0.824. The molecule has 1 aliphatic rings. The van der Waals surface area contributed by atoms with Crippen LogP contribution in [0.5, 0.6) is 0 Å². The number of rotatable bonds is 2. The topological polar surface area (TPSA) is 41.1 Å². The van der Waals surface area contributed by atoms with Gasteiger partial charge in [-0.1, -0.05) is 6.92 Å². The van der Waals surface area contributed by atoms with E-state index in [1.54, 1.807) is 0 Å². The molecule has 1 aromatic rings. The van der Waals surface area contributed by atoms with Crippen LogP contribution >= 0.6 is 11.3 Å². The third-order valence-corrected chi connectivity index (χ3v) is 4.23. The fourth-order valence-electron chi connectivity index (χ4n) is 2.02. The van der Waals surface area contributed by atoms with E-state index in [4.69, 9.17) is 0 Å². The predicted octanol–water partition coefficient (Wildman–Crippen LogP) is 1.78. The highest BCUT2D eigenvalue weighted by Gasteiger charge is 2.23. The second-order valence-electron chi connectivity index (χ2n) is 4.48. The highest BCUT2D eigenvalue weighted by molar-refractivity contribution is 7.12. The van der Waals surface area contributed by atoms with E-state index in [0.717, 1.165) is 30.0 Å². The van der Waals surface area contributed by atoms with Crippen LogP contribution in [0.2, 0.25) is 0 Å². The molecule has 1 amide bonds. The van der Waals surface area contributed by atoms with Gasteiger partial charge in [-0.2, -0.15) is 0 Å². The lowest BCUT2D eigenvalue weighted by Crippen LogP contribution is -2.50. The van der Waals surface area contributed by atoms with Crippen molar-refractivity contribution in [3.8, 4) is 0 Å². The Balaban J connectivity index is 1.99. The normalized spacial score (nSPS) is 25.4. The SMILES string of the molecule is Cc1ccsc1C(=O)NC1CNCCC1C. The van der Waals surface area contributed by atoms with Crippen molar-refractivity contribution < 1.29 is 4.79 Å². The highest BCUT2D eigenvalue weighted by Crippen LogP contribution is 2.17. The fraction of sp³-hybridized carbons (Fsp3) is 0.583. The molecule has 88 valence electrons. The Bertz CT molecular complexity index is 375. The largest absolute Gasteiger partial charge is 0.347 e. The van der Waals surface area contributed by atoms with Crippen LogP contribution in [0.25, 0.3) is 0 Å². The summed E-state index contributed by atoms with van der Waals surface area (Å²) >= 11 is 1.52. The van der Waals surface area contributed by atoms with E-state index in [1.807, 2.05) is 18.4 Å². The van der Waals surface area contributed by atoms with Crippen molar-refractivity contribution in [2.75, 3.05) is 13.1 Å². The second-order valence-corrected chi connectivity index (χ2v) is 5.40. The average molecular weight is 238 g/mol. The Morgan fingerprint density at radius 3 is 3.06 bits per heavy atom. The number of hydrogen-bond acceptors (Lipinski definition) is 3.